The Labute approximate surface area is 140 Å². The molecule has 0 amide bonds. The lowest BCUT2D eigenvalue weighted by atomic mass is 10.0. The second kappa shape index (κ2) is 6.07. The van der Waals surface area contributed by atoms with Gasteiger partial charge < -0.3 is 9.80 Å². The minimum atomic E-state index is -0.164. The van der Waals surface area contributed by atoms with Crippen LogP contribution in [0.4, 0.5) is 15.2 Å². The fraction of sp³-hybridized carbons (Fsp3) is 0.529. The Kier molecular flexibility index (Phi) is 3.93. The van der Waals surface area contributed by atoms with Crippen molar-refractivity contribution < 1.29 is 4.39 Å². The van der Waals surface area contributed by atoms with Gasteiger partial charge in [0.25, 0.3) is 0 Å². The Morgan fingerprint density at radius 1 is 1.22 bits per heavy atom. The van der Waals surface area contributed by atoms with Crippen molar-refractivity contribution in [3.8, 4) is 0 Å². The third-order valence-corrected chi connectivity index (χ3v) is 5.68. The van der Waals surface area contributed by atoms with E-state index in [4.69, 9.17) is 4.98 Å². The third kappa shape index (κ3) is 3.17. The SMILES string of the molecule is CN(c1nc(C2CC2)ns1)C1CCN(c2cccc(F)c2)CC1. The summed E-state index contributed by atoms with van der Waals surface area (Å²) in [4.78, 5) is 9.26. The van der Waals surface area contributed by atoms with Crippen molar-refractivity contribution in [2.24, 2.45) is 0 Å². The maximum atomic E-state index is 13.4. The highest BCUT2D eigenvalue weighted by atomic mass is 32.1. The van der Waals surface area contributed by atoms with Gasteiger partial charge in [-0.2, -0.15) is 4.37 Å². The van der Waals surface area contributed by atoms with Crippen molar-refractivity contribution >= 4 is 22.4 Å². The molecule has 2 aliphatic rings. The van der Waals surface area contributed by atoms with Gasteiger partial charge in [0.05, 0.1) is 0 Å². The van der Waals surface area contributed by atoms with E-state index in [0.717, 1.165) is 42.6 Å². The molecule has 1 saturated carbocycles. The van der Waals surface area contributed by atoms with E-state index in [0.29, 0.717) is 12.0 Å². The molecule has 0 N–H and O–H groups in total. The lowest BCUT2D eigenvalue weighted by Crippen LogP contribution is -2.43. The number of aromatic nitrogens is 2. The normalized spacial score (nSPS) is 19.1. The van der Waals surface area contributed by atoms with Crippen molar-refractivity contribution in [3.05, 3.63) is 35.9 Å². The van der Waals surface area contributed by atoms with Crippen LogP contribution < -0.4 is 9.80 Å². The molecule has 1 aliphatic heterocycles. The lowest BCUT2D eigenvalue weighted by Gasteiger charge is -2.37. The quantitative estimate of drug-likeness (QED) is 0.855. The molecule has 2 aromatic rings. The summed E-state index contributed by atoms with van der Waals surface area (Å²) in [7, 11) is 2.12. The van der Waals surface area contributed by atoms with Gasteiger partial charge in [0.2, 0.25) is 5.13 Å². The molecule has 2 heterocycles. The molecule has 0 bridgehead atoms. The molecule has 0 radical (unpaired) electrons. The zero-order valence-corrected chi connectivity index (χ0v) is 14.1. The Bertz CT molecular complexity index is 677. The molecule has 4 nitrogen and oxygen atoms in total. The number of benzene rings is 1. The standard InChI is InChI=1S/C17H21FN4S/c1-21(17-19-16(20-23-17)12-5-6-12)14-7-9-22(10-8-14)15-4-2-3-13(18)11-15/h2-4,11-12,14H,5-10H2,1H3. The van der Waals surface area contributed by atoms with Gasteiger partial charge >= 0.3 is 0 Å². The molecule has 6 heteroatoms. The van der Waals surface area contributed by atoms with E-state index in [2.05, 4.69) is 21.2 Å². The van der Waals surface area contributed by atoms with Crippen LogP contribution in [0, 0.1) is 5.82 Å². The van der Waals surface area contributed by atoms with Crippen LogP contribution in [0.3, 0.4) is 0 Å². The summed E-state index contributed by atoms with van der Waals surface area (Å²) in [5.41, 5.74) is 0.984. The number of rotatable bonds is 4. The van der Waals surface area contributed by atoms with Crippen molar-refractivity contribution in [1.82, 2.24) is 9.36 Å². The highest BCUT2D eigenvalue weighted by molar-refractivity contribution is 7.09. The Morgan fingerprint density at radius 2 is 2.00 bits per heavy atom. The van der Waals surface area contributed by atoms with Crippen molar-refractivity contribution in [2.45, 2.75) is 37.6 Å². The molecule has 122 valence electrons. The number of nitrogens with zero attached hydrogens (tertiary/aromatic N) is 4. The second-order valence-electron chi connectivity index (χ2n) is 6.52. The molecule has 0 atom stereocenters. The fourth-order valence-corrected chi connectivity index (χ4v) is 3.99. The van der Waals surface area contributed by atoms with Crippen LogP contribution in [0.15, 0.2) is 24.3 Å². The molecule has 1 aromatic heterocycles. The number of piperidine rings is 1. The van der Waals surface area contributed by atoms with Gasteiger partial charge in [0, 0.05) is 49.3 Å². The predicted molar refractivity (Wildman–Crippen MR) is 91.9 cm³/mol. The third-order valence-electron chi connectivity index (χ3n) is 4.86. The minimum absolute atomic E-state index is 0.164. The van der Waals surface area contributed by atoms with Gasteiger partial charge in [-0.3, -0.25) is 0 Å². The first kappa shape index (κ1) is 14.9. The number of hydrogen-bond acceptors (Lipinski definition) is 5. The Balaban J connectivity index is 1.38. The molecule has 4 rings (SSSR count). The van der Waals surface area contributed by atoms with Crippen LogP contribution in [0.5, 0.6) is 0 Å². The smallest absolute Gasteiger partial charge is 0.205 e. The van der Waals surface area contributed by atoms with Crippen LogP contribution in [0.2, 0.25) is 0 Å². The molecule has 23 heavy (non-hydrogen) atoms. The average molecular weight is 332 g/mol. The van der Waals surface area contributed by atoms with E-state index in [1.54, 1.807) is 12.1 Å². The van der Waals surface area contributed by atoms with Crippen molar-refractivity contribution in [3.63, 3.8) is 0 Å². The first-order chi connectivity index (χ1) is 11.2. The van der Waals surface area contributed by atoms with Crippen molar-refractivity contribution in [1.29, 1.82) is 0 Å². The van der Waals surface area contributed by atoms with Crippen LogP contribution >= 0.6 is 11.5 Å². The van der Waals surface area contributed by atoms with E-state index in [1.165, 1.54) is 30.4 Å². The Hall–Kier alpha value is -1.69. The fourth-order valence-electron chi connectivity index (χ4n) is 3.22. The largest absolute Gasteiger partial charge is 0.371 e. The minimum Gasteiger partial charge on any atom is -0.371 e. The zero-order chi connectivity index (χ0) is 15.8. The molecular weight excluding hydrogens is 311 g/mol. The highest BCUT2D eigenvalue weighted by Gasteiger charge is 2.30. The monoisotopic (exact) mass is 332 g/mol. The lowest BCUT2D eigenvalue weighted by molar-refractivity contribution is 0.481. The van der Waals surface area contributed by atoms with E-state index in [1.807, 2.05) is 6.07 Å². The van der Waals surface area contributed by atoms with Crippen LogP contribution in [-0.2, 0) is 0 Å². The topological polar surface area (TPSA) is 32.3 Å². The van der Waals surface area contributed by atoms with Gasteiger partial charge in [0.1, 0.15) is 11.6 Å². The summed E-state index contributed by atoms with van der Waals surface area (Å²) in [5.74, 6) is 1.49. The van der Waals surface area contributed by atoms with E-state index >= 15 is 0 Å². The molecule has 1 aliphatic carbocycles. The zero-order valence-electron chi connectivity index (χ0n) is 13.3. The summed E-state index contributed by atoms with van der Waals surface area (Å²) in [6.45, 7) is 1.90. The average Bonchev–Trinajstić information content (AvgIpc) is 3.32. The van der Waals surface area contributed by atoms with Gasteiger partial charge in [-0.15, -0.1) is 0 Å². The molecule has 0 unspecified atom stereocenters. The van der Waals surface area contributed by atoms with Gasteiger partial charge in [0.15, 0.2) is 0 Å². The van der Waals surface area contributed by atoms with Crippen LogP contribution in [-0.4, -0.2) is 35.5 Å². The maximum absolute atomic E-state index is 13.4. The first-order valence-electron chi connectivity index (χ1n) is 8.27. The summed E-state index contributed by atoms with van der Waals surface area (Å²) < 4.78 is 17.9. The van der Waals surface area contributed by atoms with Gasteiger partial charge in [-0.25, -0.2) is 9.37 Å². The van der Waals surface area contributed by atoms with E-state index < -0.39 is 0 Å². The highest BCUT2D eigenvalue weighted by Crippen LogP contribution is 2.40. The molecule has 1 aromatic carbocycles. The molecule has 2 fully saturated rings. The Morgan fingerprint density at radius 3 is 2.70 bits per heavy atom. The number of hydrogen-bond donors (Lipinski definition) is 0. The second-order valence-corrected chi connectivity index (χ2v) is 7.25. The van der Waals surface area contributed by atoms with E-state index in [9.17, 15) is 4.39 Å². The molecule has 0 spiro atoms. The van der Waals surface area contributed by atoms with Gasteiger partial charge in [-0.1, -0.05) is 6.07 Å². The van der Waals surface area contributed by atoms with Crippen LogP contribution in [0.1, 0.15) is 37.4 Å². The first-order valence-corrected chi connectivity index (χ1v) is 9.05. The van der Waals surface area contributed by atoms with Crippen LogP contribution in [0.25, 0.3) is 0 Å². The predicted octanol–water partition coefficient (Wildman–Crippen LogP) is 3.66. The number of anilines is 2. The summed E-state index contributed by atoms with van der Waals surface area (Å²) in [5, 5.41) is 1.04. The van der Waals surface area contributed by atoms with Crippen molar-refractivity contribution in [2.75, 3.05) is 29.9 Å². The summed E-state index contributed by atoms with van der Waals surface area (Å²) >= 11 is 1.52. The van der Waals surface area contributed by atoms with Gasteiger partial charge in [-0.05, 0) is 43.9 Å². The number of halogens is 1. The summed E-state index contributed by atoms with van der Waals surface area (Å²) in [6.07, 6.45) is 4.61. The summed E-state index contributed by atoms with van der Waals surface area (Å²) in [6, 6.07) is 7.37. The molecule has 1 saturated heterocycles. The molecular formula is C17H21FN4S. The maximum Gasteiger partial charge on any atom is 0.205 e. The van der Waals surface area contributed by atoms with E-state index in [-0.39, 0.29) is 5.82 Å².